The van der Waals surface area contributed by atoms with Crippen molar-refractivity contribution in [3.8, 4) is 5.75 Å². The molecule has 1 N–H and O–H groups in total. The van der Waals surface area contributed by atoms with Gasteiger partial charge in [-0.1, -0.05) is 0 Å². The number of hydrogen-bond acceptors (Lipinski definition) is 3. The molecule has 0 saturated heterocycles. The molecule has 1 saturated carbocycles. The largest absolute Gasteiger partial charge is 0.489 e. The van der Waals surface area contributed by atoms with Crippen LogP contribution in [0.25, 0.3) is 0 Å². The van der Waals surface area contributed by atoms with Gasteiger partial charge in [0.25, 0.3) is 0 Å². The zero-order chi connectivity index (χ0) is 11.4. The molecule has 0 aliphatic heterocycles. The molecule has 3 nitrogen and oxygen atoms in total. The Balaban J connectivity index is 1.84. The minimum Gasteiger partial charge on any atom is -0.489 e. The highest BCUT2D eigenvalue weighted by Crippen LogP contribution is 2.23. The number of pyridine rings is 1. The SMILES string of the molecule is CN[C@H]1CC[C@H](Oc2ccc(I)nc2)CC1. The van der Waals surface area contributed by atoms with Gasteiger partial charge in [-0.05, 0) is 67.5 Å². The van der Waals surface area contributed by atoms with E-state index >= 15 is 0 Å². The van der Waals surface area contributed by atoms with E-state index in [4.69, 9.17) is 4.74 Å². The van der Waals surface area contributed by atoms with Crippen molar-refractivity contribution in [2.24, 2.45) is 0 Å². The van der Waals surface area contributed by atoms with Crippen LogP contribution in [0.5, 0.6) is 5.75 Å². The molecule has 1 aliphatic rings. The van der Waals surface area contributed by atoms with E-state index in [-0.39, 0.29) is 0 Å². The van der Waals surface area contributed by atoms with Crippen LogP contribution in [0.1, 0.15) is 25.7 Å². The summed E-state index contributed by atoms with van der Waals surface area (Å²) in [4.78, 5) is 4.23. The lowest BCUT2D eigenvalue weighted by Crippen LogP contribution is -2.34. The lowest BCUT2D eigenvalue weighted by Gasteiger charge is -2.28. The van der Waals surface area contributed by atoms with Gasteiger partial charge in [-0.25, -0.2) is 4.98 Å². The summed E-state index contributed by atoms with van der Waals surface area (Å²) in [6.45, 7) is 0. The van der Waals surface area contributed by atoms with Gasteiger partial charge >= 0.3 is 0 Å². The first-order valence-electron chi connectivity index (χ1n) is 5.73. The third-order valence-electron chi connectivity index (χ3n) is 3.09. The summed E-state index contributed by atoms with van der Waals surface area (Å²) in [7, 11) is 2.04. The van der Waals surface area contributed by atoms with Gasteiger partial charge in [-0.2, -0.15) is 0 Å². The van der Waals surface area contributed by atoms with E-state index in [2.05, 4.69) is 32.9 Å². The predicted molar refractivity (Wildman–Crippen MR) is 72.7 cm³/mol. The van der Waals surface area contributed by atoms with Crippen molar-refractivity contribution in [3.05, 3.63) is 22.0 Å². The molecule has 1 heterocycles. The van der Waals surface area contributed by atoms with Crippen LogP contribution in [-0.4, -0.2) is 24.2 Å². The standard InChI is InChI=1S/C12H17IN2O/c1-14-9-2-4-10(5-3-9)16-11-6-7-12(13)15-8-11/h6-10,14H,2-5H2,1H3/t9-,10-. The molecule has 16 heavy (non-hydrogen) atoms. The minimum absolute atomic E-state index is 0.367. The van der Waals surface area contributed by atoms with E-state index in [0.29, 0.717) is 12.1 Å². The monoisotopic (exact) mass is 332 g/mol. The van der Waals surface area contributed by atoms with E-state index in [9.17, 15) is 0 Å². The maximum atomic E-state index is 5.91. The van der Waals surface area contributed by atoms with Gasteiger partial charge in [-0.15, -0.1) is 0 Å². The Morgan fingerprint density at radius 2 is 2.06 bits per heavy atom. The first kappa shape index (κ1) is 12.1. The molecule has 0 spiro atoms. The Morgan fingerprint density at radius 3 is 2.62 bits per heavy atom. The van der Waals surface area contributed by atoms with E-state index in [1.54, 1.807) is 0 Å². The molecule has 0 atom stereocenters. The van der Waals surface area contributed by atoms with Crippen LogP contribution in [0, 0.1) is 3.70 Å². The molecule has 88 valence electrons. The van der Waals surface area contributed by atoms with Gasteiger partial charge in [0.1, 0.15) is 9.45 Å². The Kier molecular flexibility index (Phi) is 4.40. The molecule has 1 fully saturated rings. The van der Waals surface area contributed by atoms with Crippen molar-refractivity contribution in [3.63, 3.8) is 0 Å². The number of aromatic nitrogens is 1. The van der Waals surface area contributed by atoms with Gasteiger partial charge < -0.3 is 10.1 Å². The van der Waals surface area contributed by atoms with Crippen LogP contribution in [0.3, 0.4) is 0 Å². The fraction of sp³-hybridized carbons (Fsp3) is 0.583. The van der Waals surface area contributed by atoms with Gasteiger partial charge in [0.05, 0.1) is 12.3 Å². The summed E-state index contributed by atoms with van der Waals surface area (Å²) in [6.07, 6.45) is 6.87. The summed E-state index contributed by atoms with van der Waals surface area (Å²) in [5, 5.41) is 3.33. The summed E-state index contributed by atoms with van der Waals surface area (Å²) in [6, 6.07) is 4.66. The molecular formula is C12H17IN2O. The molecule has 0 amide bonds. The van der Waals surface area contributed by atoms with Crippen LogP contribution in [0.15, 0.2) is 18.3 Å². The first-order valence-corrected chi connectivity index (χ1v) is 6.81. The highest BCUT2D eigenvalue weighted by atomic mass is 127. The fourth-order valence-electron chi connectivity index (χ4n) is 2.09. The summed E-state index contributed by atoms with van der Waals surface area (Å²) < 4.78 is 6.91. The Labute approximate surface area is 110 Å². The second-order valence-electron chi connectivity index (χ2n) is 4.20. The molecule has 2 rings (SSSR count). The van der Waals surface area contributed by atoms with Crippen LogP contribution in [0.2, 0.25) is 0 Å². The van der Waals surface area contributed by atoms with Crippen molar-refractivity contribution < 1.29 is 4.74 Å². The van der Waals surface area contributed by atoms with E-state index in [1.165, 1.54) is 12.8 Å². The topological polar surface area (TPSA) is 34.1 Å². The Hall–Kier alpha value is -0.360. The summed E-state index contributed by atoms with van der Waals surface area (Å²) >= 11 is 2.20. The third-order valence-corrected chi connectivity index (χ3v) is 3.72. The normalized spacial score (nSPS) is 25.4. The van der Waals surface area contributed by atoms with E-state index in [1.807, 2.05) is 25.4 Å². The number of rotatable bonds is 3. The third kappa shape index (κ3) is 3.31. The van der Waals surface area contributed by atoms with E-state index in [0.717, 1.165) is 22.3 Å². The molecule has 0 bridgehead atoms. The van der Waals surface area contributed by atoms with Crippen molar-refractivity contribution in [2.75, 3.05) is 7.05 Å². The number of hydrogen-bond donors (Lipinski definition) is 1. The smallest absolute Gasteiger partial charge is 0.138 e. The molecule has 1 aliphatic carbocycles. The quantitative estimate of drug-likeness (QED) is 0.682. The number of ether oxygens (including phenoxy) is 1. The molecule has 0 radical (unpaired) electrons. The lowest BCUT2D eigenvalue weighted by molar-refractivity contribution is 0.141. The van der Waals surface area contributed by atoms with Crippen molar-refractivity contribution in [1.82, 2.24) is 10.3 Å². The second kappa shape index (κ2) is 5.82. The van der Waals surface area contributed by atoms with Crippen LogP contribution >= 0.6 is 22.6 Å². The summed E-state index contributed by atoms with van der Waals surface area (Å²) in [5.41, 5.74) is 0. The van der Waals surface area contributed by atoms with Crippen LogP contribution in [-0.2, 0) is 0 Å². The molecule has 1 aromatic rings. The molecular weight excluding hydrogens is 315 g/mol. The molecule has 4 heteroatoms. The maximum Gasteiger partial charge on any atom is 0.138 e. The first-order chi connectivity index (χ1) is 7.78. The van der Waals surface area contributed by atoms with Gasteiger partial charge in [0.15, 0.2) is 0 Å². The van der Waals surface area contributed by atoms with Crippen molar-refractivity contribution in [1.29, 1.82) is 0 Å². The lowest BCUT2D eigenvalue weighted by atomic mass is 9.93. The van der Waals surface area contributed by atoms with Crippen LogP contribution < -0.4 is 10.1 Å². The zero-order valence-corrected chi connectivity index (χ0v) is 11.6. The van der Waals surface area contributed by atoms with Crippen LogP contribution in [0.4, 0.5) is 0 Å². The molecule has 0 unspecified atom stereocenters. The zero-order valence-electron chi connectivity index (χ0n) is 9.45. The second-order valence-corrected chi connectivity index (χ2v) is 5.30. The Morgan fingerprint density at radius 1 is 1.31 bits per heavy atom. The average Bonchev–Trinajstić information content (AvgIpc) is 2.33. The number of halogens is 1. The Bertz CT molecular complexity index is 320. The van der Waals surface area contributed by atoms with Crippen molar-refractivity contribution >= 4 is 22.6 Å². The minimum atomic E-state index is 0.367. The predicted octanol–water partition coefficient (Wildman–Crippen LogP) is 2.60. The fourth-order valence-corrected chi connectivity index (χ4v) is 2.41. The van der Waals surface area contributed by atoms with Gasteiger partial charge in [0, 0.05) is 6.04 Å². The maximum absolute atomic E-state index is 5.91. The van der Waals surface area contributed by atoms with Gasteiger partial charge in [0.2, 0.25) is 0 Å². The molecule has 1 aromatic heterocycles. The summed E-state index contributed by atoms with van der Waals surface area (Å²) in [5.74, 6) is 0.897. The average molecular weight is 332 g/mol. The molecule has 0 aromatic carbocycles. The number of nitrogens with zero attached hydrogens (tertiary/aromatic N) is 1. The number of nitrogens with one attached hydrogen (secondary N) is 1. The van der Waals surface area contributed by atoms with E-state index < -0.39 is 0 Å². The van der Waals surface area contributed by atoms with Gasteiger partial charge in [-0.3, -0.25) is 0 Å². The van der Waals surface area contributed by atoms with Crippen molar-refractivity contribution in [2.45, 2.75) is 37.8 Å². The highest BCUT2D eigenvalue weighted by molar-refractivity contribution is 14.1. The highest BCUT2D eigenvalue weighted by Gasteiger charge is 2.21.